The van der Waals surface area contributed by atoms with Crippen LogP contribution in [0.3, 0.4) is 0 Å². The van der Waals surface area contributed by atoms with Crippen LogP contribution in [-0.4, -0.2) is 25.3 Å². The summed E-state index contributed by atoms with van der Waals surface area (Å²) >= 11 is 3.37. The van der Waals surface area contributed by atoms with Crippen molar-refractivity contribution < 1.29 is 9.53 Å². The summed E-state index contributed by atoms with van der Waals surface area (Å²) in [6.45, 7) is 1.32. The van der Waals surface area contributed by atoms with Crippen molar-refractivity contribution in [3.8, 4) is 0 Å². The van der Waals surface area contributed by atoms with Crippen molar-refractivity contribution in [2.45, 2.75) is 12.5 Å². The highest BCUT2D eigenvalue weighted by atomic mass is 79.9. The van der Waals surface area contributed by atoms with Crippen molar-refractivity contribution >= 4 is 27.6 Å². The zero-order valence-electron chi connectivity index (χ0n) is 8.70. The normalized spacial score (nSPS) is 19.4. The summed E-state index contributed by atoms with van der Waals surface area (Å²) in [5.74, 6) is 0. The molecule has 5 heteroatoms. The van der Waals surface area contributed by atoms with E-state index in [4.69, 9.17) is 4.74 Å². The van der Waals surface area contributed by atoms with Gasteiger partial charge in [0.2, 0.25) is 0 Å². The molecular formula is C11H13BrN2O2. The number of hydrogen-bond acceptors (Lipinski definition) is 2. The molecule has 1 heterocycles. The van der Waals surface area contributed by atoms with Gasteiger partial charge in [-0.2, -0.15) is 0 Å². The fraction of sp³-hybridized carbons (Fsp3) is 0.364. The van der Waals surface area contributed by atoms with Crippen LogP contribution in [0, 0.1) is 0 Å². The van der Waals surface area contributed by atoms with E-state index >= 15 is 0 Å². The summed E-state index contributed by atoms with van der Waals surface area (Å²) in [5.41, 5.74) is 0.763. The molecule has 0 bridgehead atoms. The van der Waals surface area contributed by atoms with E-state index in [9.17, 15) is 4.79 Å². The average molecular weight is 285 g/mol. The zero-order chi connectivity index (χ0) is 11.4. The Kier molecular flexibility index (Phi) is 3.79. The SMILES string of the molecule is O=C(Nc1ccccc1Br)N[C@H]1CCOC1. The molecule has 1 aliphatic rings. The molecule has 1 aliphatic heterocycles. The van der Waals surface area contributed by atoms with Crippen LogP contribution in [0.1, 0.15) is 6.42 Å². The fourth-order valence-corrected chi connectivity index (χ4v) is 1.94. The van der Waals surface area contributed by atoms with Crippen LogP contribution < -0.4 is 10.6 Å². The minimum atomic E-state index is -0.192. The maximum absolute atomic E-state index is 11.6. The number of para-hydroxylation sites is 1. The van der Waals surface area contributed by atoms with Gasteiger partial charge in [-0.05, 0) is 34.5 Å². The zero-order valence-corrected chi connectivity index (χ0v) is 10.3. The second-order valence-electron chi connectivity index (χ2n) is 3.64. The fourth-order valence-electron chi connectivity index (χ4n) is 1.55. The van der Waals surface area contributed by atoms with Crippen LogP contribution in [0.5, 0.6) is 0 Å². The second kappa shape index (κ2) is 5.32. The summed E-state index contributed by atoms with van der Waals surface area (Å²) in [6.07, 6.45) is 0.878. The van der Waals surface area contributed by atoms with Gasteiger partial charge in [-0.25, -0.2) is 4.79 Å². The highest BCUT2D eigenvalue weighted by Gasteiger charge is 2.17. The van der Waals surface area contributed by atoms with Crippen LogP contribution in [0.15, 0.2) is 28.7 Å². The van der Waals surface area contributed by atoms with Gasteiger partial charge < -0.3 is 15.4 Å². The first-order valence-corrected chi connectivity index (χ1v) is 5.95. The third kappa shape index (κ3) is 2.96. The Bertz CT molecular complexity index is 378. The molecule has 0 unspecified atom stereocenters. The molecule has 2 amide bonds. The predicted octanol–water partition coefficient (Wildman–Crippen LogP) is 2.36. The number of hydrogen-bond donors (Lipinski definition) is 2. The summed E-state index contributed by atoms with van der Waals surface area (Å²) in [4.78, 5) is 11.6. The Morgan fingerprint density at radius 1 is 1.44 bits per heavy atom. The number of halogens is 1. The number of carbonyl (C=O) groups is 1. The van der Waals surface area contributed by atoms with Crippen molar-refractivity contribution in [1.82, 2.24) is 5.32 Å². The number of rotatable bonds is 2. The molecule has 0 aliphatic carbocycles. The Balaban J connectivity index is 1.89. The molecule has 1 atom stereocenters. The van der Waals surface area contributed by atoms with Gasteiger partial charge in [0.05, 0.1) is 18.3 Å². The molecule has 1 aromatic carbocycles. The van der Waals surface area contributed by atoms with E-state index in [-0.39, 0.29) is 12.1 Å². The highest BCUT2D eigenvalue weighted by molar-refractivity contribution is 9.10. The molecule has 4 nitrogen and oxygen atoms in total. The van der Waals surface area contributed by atoms with E-state index in [1.807, 2.05) is 24.3 Å². The van der Waals surface area contributed by atoms with Crippen LogP contribution in [-0.2, 0) is 4.74 Å². The lowest BCUT2D eigenvalue weighted by atomic mass is 10.3. The quantitative estimate of drug-likeness (QED) is 0.876. The van der Waals surface area contributed by atoms with Gasteiger partial charge in [-0.1, -0.05) is 12.1 Å². The molecule has 86 valence electrons. The lowest BCUT2D eigenvalue weighted by Gasteiger charge is -2.12. The third-order valence-corrected chi connectivity index (χ3v) is 3.08. The summed E-state index contributed by atoms with van der Waals surface area (Å²) in [5, 5.41) is 5.64. The Morgan fingerprint density at radius 3 is 2.94 bits per heavy atom. The smallest absolute Gasteiger partial charge is 0.319 e. The molecule has 2 rings (SSSR count). The van der Waals surface area contributed by atoms with Gasteiger partial charge in [0, 0.05) is 11.1 Å². The van der Waals surface area contributed by atoms with E-state index in [1.165, 1.54) is 0 Å². The number of amides is 2. The van der Waals surface area contributed by atoms with Crippen molar-refractivity contribution in [1.29, 1.82) is 0 Å². The molecule has 1 fully saturated rings. The van der Waals surface area contributed by atoms with Gasteiger partial charge >= 0.3 is 6.03 Å². The largest absolute Gasteiger partial charge is 0.379 e. The van der Waals surface area contributed by atoms with Crippen LogP contribution in [0.25, 0.3) is 0 Å². The van der Waals surface area contributed by atoms with E-state index in [0.29, 0.717) is 6.61 Å². The van der Waals surface area contributed by atoms with Crippen LogP contribution >= 0.6 is 15.9 Å². The number of urea groups is 1. The van der Waals surface area contributed by atoms with Gasteiger partial charge in [0.1, 0.15) is 0 Å². The van der Waals surface area contributed by atoms with E-state index < -0.39 is 0 Å². The topological polar surface area (TPSA) is 50.4 Å². The van der Waals surface area contributed by atoms with Crippen molar-refractivity contribution in [2.75, 3.05) is 18.5 Å². The Morgan fingerprint density at radius 2 is 2.25 bits per heavy atom. The lowest BCUT2D eigenvalue weighted by Crippen LogP contribution is -2.38. The molecule has 0 spiro atoms. The third-order valence-electron chi connectivity index (χ3n) is 2.39. The minimum Gasteiger partial charge on any atom is -0.379 e. The molecule has 0 saturated carbocycles. The van der Waals surface area contributed by atoms with Gasteiger partial charge in [0.15, 0.2) is 0 Å². The van der Waals surface area contributed by atoms with Crippen LogP contribution in [0.2, 0.25) is 0 Å². The molecule has 1 aromatic rings. The van der Waals surface area contributed by atoms with Crippen molar-refractivity contribution in [3.05, 3.63) is 28.7 Å². The summed E-state index contributed by atoms with van der Waals surface area (Å²) in [6, 6.07) is 7.44. The summed E-state index contributed by atoms with van der Waals surface area (Å²) in [7, 11) is 0. The number of anilines is 1. The maximum Gasteiger partial charge on any atom is 0.319 e. The second-order valence-corrected chi connectivity index (χ2v) is 4.49. The van der Waals surface area contributed by atoms with E-state index in [2.05, 4.69) is 26.6 Å². The average Bonchev–Trinajstić information content (AvgIpc) is 2.74. The first-order chi connectivity index (χ1) is 7.75. The Hall–Kier alpha value is -1.07. The Labute approximate surface area is 102 Å². The van der Waals surface area contributed by atoms with Gasteiger partial charge in [-0.3, -0.25) is 0 Å². The van der Waals surface area contributed by atoms with E-state index in [0.717, 1.165) is 23.2 Å². The number of ether oxygens (including phenoxy) is 1. The predicted molar refractivity (Wildman–Crippen MR) is 65.5 cm³/mol. The van der Waals surface area contributed by atoms with Gasteiger partial charge in [0.25, 0.3) is 0 Å². The molecular weight excluding hydrogens is 272 g/mol. The molecule has 0 aromatic heterocycles. The standard InChI is InChI=1S/C11H13BrN2O2/c12-9-3-1-2-4-10(9)14-11(15)13-8-5-6-16-7-8/h1-4,8H,5-7H2,(H2,13,14,15)/t8-/m0/s1. The van der Waals surface area contributed by atoms with Crippen LogP contribution in [0.4, 0.5) is 10.5 Å². The first-order valence-electron chi connectivity index (χ1n) is 5.15. The molecule has 1 saturated heterocycles. The minimum absolute atomic E-state index is 0.127. The lowest BCUT2D eigenvalue weighted by molar-refractivity contribution is 0.189. The number of benzene rings is 1. The van der Waals surface area contributed by atoms with Crippen molar-refractivity contribution in [3.63, 3.8) is 0 Å². The highest BCUT2D eigenvalue weighted by Crippen LogP contribution is 2.20. The first kappa shape index (κ1) is 11.4. The van der Waals surface area contributed by atoms with Gasteiger partial charge in [-0.15, -0.1) is 0 Å². The molecule has 16 heavy (non-hydrogen) atoms. The monoisotopic (exact) mass is 284 g/mol. The van der Waals surface area contributed by atoms with E-state index in [1.54, 1.807) is 0 Å². The summed E-state index contributed by atoms with van der Waals surface area (Å²) < 4.78 is 6.05. The van der Waals surface area contributed by atoms with Crippen molar-refractivity contribution in [2.24, 2.45) is 0 Å². The molecule has 2 N–H and O–H groups in total. The number of nitrogens with one attached hydrogen (secondary N) is 2. The molecule has 0 radical (unpaired) electrons. The maximum atomic E-state index is 11.6. The number of carbonyl (C=O) groups excluding carboxylic acids is 1.